The first kappa shape index (κ1) is 14.2. The molecule has 0 aliphatic heterocycles. The van der Waals surface area contributed by atoms with Gasteiger partial charge in [-0.15, -0.1) is 0 Å². The fourth-order valence-corrected chi connectivity index (χ4v) is 2.30. The van der Waals surface area contributed by atoms with Crippen LogP contribution < -0.4 is 10.1 Å². The van der Waals surface area contributed by atoms with E-state index in [1.54, 1.807) is 0 Å². The van der Waals surface area contributed by atoms with Crippen LogP contribution in [-0.4, -0.2) is 19.7 Å². The van der Waals surface area contributed by atoms with Crippen LogP contribution in [0.2, 0.25) is 5.02 Å². The lowest BCUT2D eigenvalue weighted by Crippen LogP contribution is -2.14. The number of ether oxygens (including phenoxy) is 1. The van der Waals surface area contributed by atoms with E-state index in [1.807, 2.05) is 30.3 Å². The second-order valence-corrected chi connectivity index (χ2v) is 4.91. The molecule has 0 fully saturated rings. The highest BCUT2D eigenvalue weighted by Gasteiger charge is 2.04. The van der Waals surface area contributed by atoms with Crippen molar-refractivity contribution in [3.05, 3.63) is 41.4 Å². The van der Waals surface area contributed by atoms with E-state index in [1.165, 1.54) is 0 Å². The summed E-state index contributed by atoms with van der Waals surface area (Å²) in [4.78, 5) is 0. The summed E-state index contributed by atoms with van der Waals surface area (Å²) in [5.74, 6) is 0.920. The Hall–Kier alpha value is -1.25. The molecule has 0 radical (unpaired) electrons. The van der Waals surface area contributed by atoms with Crippen LogP contribution in [0, 0.1) is 0 Å². The van der Waals surface area contributed by atoms with Crippen molar-refractivity contribution in [3.63, 3.8) is 0 Å². The number of fused-ring (bicyclic) bond motifs is 1. The third-order valence-corrected chi connectivity index (χ3v) is 3.42. The zero-order valence-corrected chi connectivity index (χ0v) is 12.0. The van der Waals surface area contributed by atoms with Crippen LogP contribution in [0.3, 0.4) is 0 Å². The SMILES string of the molecule is CCNCCCCOc1ccc(Cl)c2ccccc12. The third kappa shape index (κ3) is 3.85. The van der Waals surface area contributed by atoms with Crippen molar-refractivity contribution in [1.29, 1.82) is 0 Å². The number of unbranched alkanes of at least 4 members (excludes halogenated alkanes) is 1. The Morgan fingerprint density at radius 3 is 2.63 bits per heavy atom. The van der Waals surface area contributed by atoms with Gasteiger partial charge in [0, 0.05) is 15.8 Å². The number of hydrogen-bond donors (Lipinski definition) is 1. The highest BCUT2D eigenvalue weighted by molar-refractivity contribution is 6.35. The Labute approximate surface area is 119 Å². The van der Waals surface area contributed by atoms with E-state index in [0.29, 0.717) is 0 Å². The van der Waals surface area contributed by atoms with E-state index in [2.05, 4.69) is 18.3 Å². The summed E-state index contributed by atoms with van der Waals surface area (Å²) in [6, 6.07) is 11.9. The van der Waals surface area contributed by atoms with Crippen molar-refractivity contribution in [2.75, 3.05) is 19.7 Å². The normalized spacial score (nSPS) is 10.8. The molecule has 0 aliphatic rings. The monoisotopic (exact) mass is 277 g/mol. The minimum atomic E-state index is 0.747. The number of nitrogens with one attached hydrogen (secondary N) is 1. The fourth-order valence-electron chi connectivity index (χ4n) is 2.07. The van der Waals surface area contributed by atoms with Crippen molar-refractivity contribution < 1.29 is 4.74 Å². The van der Waals surface area contributed by atoms with E-state index < -0.39 is 0 Å². The predicted octanol–water partition coefficient (Wildman–Crippen LogP) is 4.26. The molecule has 2 nitrogen and oxygen atoms in total. The lowest BCUT2D eigenvalue weighted by atomic mass is 10.1. The van der Waals surface area contributed by atoms with Gasteiger partial charge in [-0.25, -0.2) is 0 Å². The van der Waals surface area contributed by atoms with Gasteiger partial charge in [0.25, 0.3) is 0 Å². The summed E-state index contributed by atoms with van der Waals surface area (Å²) in [5, 5.41) is 6.22. The average molecular weight is 278 g/mol. The van der Waals surface area contributed by atoms with Crippen LogP contribution in [0.15, 0.2) is 36.4 Å². The molecule has 0 spiro atoms. The zero-order valence-electron chi connectivity index (χ0n) is 11.3. The van der Waals surface area contributed by atoms with Gasteiger partial charge in [0.15, 0.2) is 0 Å². The maximum Gasteiger partial charge on any atom is 0.127 e. The van der Waals surface area contributed by atoms with Gasteiger partial charge in [0.05, 0.1) is 6.61 Å². The maximum atomic E-state index is 6.18. The lowest BCUT2D eigenvalue weighted by Gasteiger charge is -2.10. The van der Waals surface area contributed by atoms with E-state index in [-0.39, 0.29) is 0 Å². The first-order valence-electron chi connectivity index (χ1n) is 6.83. The molecule has 3 heteroatoms. The van der Waals surface area contributed by atoms with Gasteiger partial charge in [0.1, 0.15) is 5.75 Å². The van der Waals surface area contributed by atoms with Gasteiger partial charge in [-0.2, -0.15) is 0 Å². The minimum absolute atomic E-state index is 0.747. The standard InChI is InChI=1S/C16H20ClNO/c1-2-18-11-5-6-12-19-16-10-9-15(17)13-7-3-4-8-14(13)16/h3-4,7-10,18H,2,5-6,11-12H2,1H3. The zero-order chi connectivity index (χ0) is 13.5. The van der Waals surface area contributed by atoms with E-state index in [9.17, 15) is 0 Å². The largest absolute Gasteiger partial charge is 0.493 e. The Morgan fingerprint density at radius 1 is 1.05 bits per heavy atom. The van der Waals surface area contributed by atoms with Crippen LogP contribution >= 0.6 is 11.6 Å². The lowest BCUT2D eigenvalue weighted by molar-refractivity contribution is 0.309. The highest BCUT2D eigenvalue weighted by Crippen LogP contribution is 2.31. The van der Waals surface area contributed by atoms with Crippen molar-refractivity contribution in [3.8, 4) is 5.75 Å². The van der Waals surface area contributed by atoms with Crippen LogP contribution in [0.1, 0.15) is 19.8 Å². The summed E-state index contributed by atoms with van der Waals surface area (Å²) in [5.41, 5.74) is 0. The summed E-state index contributed by atoms with van der Waals surface area (Å²) in [7, 11) is 0. The molecule has 0 saturated heterocycles. The fraction of sp³-hybridized carbons (Fsp3) is 0.375. The van der Waals surface area contributed by atoms with Crippen LogP contribution in [0.25, 0.3) is 10.8 Å². The van der Waals surface area contributed by atoms with Gasteiger partial charge in [0.2, 0.25) is 0 Å². The summed E-state index contributed by atoms with van der Waals surface area (Å²) < 4.78 is 5.87. The molecule has 19 heavy (non-hydrogen) atoms. The van der Waals surface area contributed by atoms with Gasteiger partial charge in [-0.3, -0.25) is 0 Å². The molecule has 0 heterocycles. The third-order valence-electron chi connectivity index (χ3n) is 3.09. The highest BCUT2D eigenvalue weighted by atomic mass is 35.5. The summed E-state index contributed by atoms with van der Waals surface area (Å²) in [6.45, 7) is 4.96. The second kappa shape index (κ2) is 7.37. The van der Waals surface area contributed by atoms with Gasteiger partial charge in [-0.05, 0) is 38.1 Å². The average Bonchev–Trinajstić information content (AvgIpc) is 2.45. The molecule has 0 unspecified atom stereocenters. The van der Waals surface area contributed by atoms with Gasteiger partial charge < -0.3 is 10.1 Å². The Balaban J connectivity index is 1.96. The van der Waals surface area contributed by atoms with Crippen molar-refractivity contribution in [1.82, 2.24) is 5.32 Å². The maximum absolute atomic E-state index is 6.18. The first-order valence-corrected chi connectivity index (χ1v) is 7.21. The Morgan fingerprint density at radius 2 is 1.84 bits per heavy atom. The number of benzene rings is 2. The number of rotatable bonds is 7. The molecule has 0 amide bonds. The van der Waals surface area contributed by atoms with Crippen LogP contribution in [-0.2, 0) is 0 Å². The molecule has 0 saturated carbocycles. The van der Waals surface area contributed by atoms with Crippen LogP contribution in [0.5, 0.6) is 5.75 Å². The first-order chi connectivity index (χ1) is 9.33. The quantitative estimate of drug-likeness (QED) is 0.764. The molecule has 0 aromatic heterocycles. The molecule has 1 N–H and O–H groups in total. The topological polar surface area (TPSA) is 21.3 Å². The molecule has 2 aromatic rings. The molecule has 2 rings (SSSR count). The summed E-state index contributed by atoms with van der Waals surface area (Å²) >= 11 is 6.18. The van der Waals surface area contributed by atoms with E-state index >= 15 is 0 Å². The Kier molecular flexibility index (Phi) is 5.49. The molecular weight excluding hydrogens is 258 g/mol. The molecular formula is C16H20ClNO. The molecule has 0 atom stereocenters. The van der Waals surface area contributed by atoms with E-state index in [4.69, 9.17) is 16.3 Å². The van der Waals surface area contributed by atoms with Crippen molar-refractivity contribution in [2.24, 2.45) is 0 Å². The smallest absolute Gasteiger partial charge is 0.127 e. The van der Waals surface area contributed by atoms with Crippen LogP contribution in [0.4, 0.5) is 0 Å². The van der Waals surface area contributed by atoms with Crippen molar-refractivity contribution >= 4 is 22.4 Å². The molecule has 102 valence electrons. The molecule has 2 aromatic carbocycles. The van der Waals surface area contributed by atoms with E-state index in [0.717, 1.165) is 54.1 Å². The number of halogens is 1. The summed E-state index contributed by atoms with van der Waals surface area (Å²) in [6.07, 6.45) is 2.20. The second-order valence-electron chi connectivity index (χ2n) is 4.50. The minimum Gasteiger partial charge on any atom is -0.493 e. The molecule has 0 bridgehead atoms. The predicted molar refractivity (Wildman–Crippen MR) is 82.2 cm³/mol. The molecule has 0 aliphatic carbocycles. The number of hydrogen-bond acceptors (Lipinski definition) is 2. The van der Waals surface area contributed by atoms with Gasteiger partial charge in [-0.1, -0.05) is 42.8 Å². The Bertz CT molecular complexity index is 527. The van der Waals surface area contributed by atoms with Crippen molar-refractivity contribution in [2.45, 2.75) is 19.8 Å². The van der Waals surface area contributed by atoms with Gasteiger partial charge >= 0.3 is 0 Å².